The molecule has 0 bridgehead atoms. The maximum Gasteiger partial charge on any atom is 0.191 e. The van der Waals surface area contributed by atoms with Gasteiger partial charge in [-0.25, -0.2) is 0 Å². The molecule has 0 amide bonds. The number of rotatable bonds is 4. The summed E-state index contributed by atoms with van der Waals surface area (Å²) >= 11 is 3.87. The molecular weight excluding hydrogens is 425 g/mol. The smallest absolute Gasteiger partial charge is 0.191 e. The van der Waals surface area contributed by atoms with Crippen molar-refractivity contribution >= 4 is 63.1 Å². The Kier molecular flexibility index (Phi) is 7.30. The normalized spacial score (nSPS) is 18.2. The van der Waals surface area contributed by atoms with Gasteiger partial charge in [0.05, 0.1) is 0 Å². The third-order valence-corrected chi connectivity index (χ3v) is 6.16. The molecule has 1 aliphatic rings. The zero-order valence-electron chi connectivity index (χ0n) is 12.7. The first-order valence-corrected chi connectivity index (χ1v) is 9.31. The molecule has 22 heavy (non-hydrogen) atoms. The van der Waals surface area contributed by atoms with Crippen LogP contribution in [-0.2, 0) is 6.54 Å². The highest BCUT2D eigenvalue weighted by molar-refractivity contribution is 14.0. The molecule has 2 N–H and O–H groups in total. The van der Waals surface area contributed by atoms with Crippen LogP contribution in [-0.4, -0.2) is 30.6 Å². The SMILES string of the molecule is CN=C(NCc1csc2ccccc12)NCC1CCCS1.I. The van der Waals surface area contributed by atoms with E-state index in [0.29, 0.717) is 0 Å². The van der Waals surface area contributed by atoms with Gasteiger partial charge in [-0.15, -0.1) is 35.3 Å². The first-order chi connectivity index (χ1) is 10.4. The van der Waals surface area contributed by atoms with E-state index in [4.69, 9.17) is 0 Å². The lowest BCUT2D eigenvalue weighted by Gasteiger charge is -2.14. The second-order valence-corrected chi connectivity index (χ2v) is 7.52. The van der Waals surface area contributed by atoms with E-state index in [-0.39, 0.29) is 24.0 Å². The molecule has 0 spiro atoms. The first kappa shape index (κ1) is 17.9. The van der Waals surface area contributed by atoms with Crippen molar-refractivity contribution < 1.29 is 0 Å². The molecule has 1 aromatic heterocycles. The van der Waals surface area contributed by atoms with Gasteiger partial charge in [0.2, 0.25) is 0 Å². The predicted molar refractivity (Wildman–Crippen MR) is 111 cm³/mol. The number of thiophene rings is 1. The minimum Gasteiger partial charge on any atom is -0.355 e. The summed E-state index contributed by atoms with van der Waals surface area (Å²) < 4.78 is 1.35. The Morgan fingerprint density at radius 3 is 2.95 bits per heavy atom. The zero-order valence-corrected chi connectivity index (χ0v) is 16.6. The second kappa shape index (κ2) is 8.98. The lowest BCUT2D eigenvalue weighted by atomic mass is 10.2. The van der Waals surface area contributed by atoms with Crippen molar-refractivity contribution in [3.8, 4) is 0 Å². The summed E-state index contributed by atoms with van der Waals surface area (Å²) in [5.74, 6) is 2.21. The van der Waals surface area contributed by atoms with Crippen molar-refractivity contribution in [1.82, 2.24) is 10.6 Å². The van der Waals surface area contributed by atoms with Crippen LogP contribution in [0.15, 0.2) is 34.6 Å². The highest BCUT2D eigenvalue weighted by Crippen LogP contribution is 2.26. The summed E-state index contributed by atoms with van der Waals surface area (Å²) in [4.78, 5) is 4.32. The first-order valence-electron chi connectivity index (χ1n) is 7.38. The average molecular weight is 447 g/mol. The van der Waals surface area contributed by atoms with Gasteiger partial charge in [0.25, 0.3) is 0 Å². The number of aliphatic imine (C=N–C) groups is 1. The van der Waals surface area contributed by atoms with Gasteiger partial charge in [-0.2, -0.15) is 11.8 Å². The summed E-state index contributed by atoms with van der Waals surface area (Å²) in [6.07, 6.45) is 2.67. The third kappa shape index (κ3) is 4.52. The van der Waals surface area contributed by atoms with Crippen LogP contribution >= 0.6 is 47.1 Å². The van der Waals surface area contributed by atoms with Crippen molar-refractivity contribution in [2.75, 3.05) is 19.3 Å². The highest BCUT2D eigenvalue weighted by Gasteiger charge is 2.15. The number of hydrogen-bond acceptors (Lipinski definition) is 3. The van der Waals surface area contributed by atoms with Crippen molar-refractivity contribution in [2.45, 2.75) is 24.6 Å². The molecule has 0 aliphatic carbocycles. The van der Waals surface area contributed by atoms with Crippen molar-refractivity contribution in [2.24, 2.45) is 4.99 Å². The van der Waals surface area contributed by atoms with E-state index in [9.17, 15) is 0 Å². The number of nitrogens with one attached hydrogen (secondary N) is 2. The maximum atomic E-state index is 4.32. The van der Waals surface area contributed by atoms with Gasteiger partial charge in [0.15, 0.2) is 5.96 Å². The highest BCUT2D eigenvalue weighted by atomic mass is 127. The topological polar surface area (TPSA) is 36.4 Å². The Hall–Kier alpha value is -0.470. The molecule has 0 saturated carbocycles. The number of benzene rings is 1. The van der Waals surface area contributed by atoms with E-state index in [1.165, 1.54) is 34.2 Å². The molecular formula is C16H22IN3S2. The van der Waals surface area contributed by atoms with Gasteiger partial charge < -0.3 is 10.6 Å². The van der Waals surface area contributed by atoms with Crippen LogP contribution in [0.25, 0.3) is 10.1 Å². The molecule has 1 saturated heterocycles. The van der Waals surface area contributed by atoms with E-state index in [1.54, 1.807) is 11.3 Å². The molecule has 1 unspecified atom stereocenters. The Balaban J connectivity index is 0.00000176. The Morgan fingerprint density at radius 1 is 1.32 bits per heavy atom. The number of nitrogens with zero attached hydrogens (tertiary/aromatic N) is 1. The second-order valence-electron chi connectivity index (χ2n) is 5.20. The largest absolute Gasteiger partial charge is 0.355 e. The number of guanidine groups is 1. The molecule has 0 radical (unpaired) electrons. The monoisotopic (exact) mass is 447 g/mol. The van der Waals surface area contributed by atoms with Gasteiger partial charge >= 0.3 is 0 Å². The van der Waals surface area contributed by atoms with Crippen LogP contribution in [0.5, 0.6) is 0 Å². The fraction of sp³-hybridized carbons (Fsp3) is 0.438. The molecule has 2 aromatic rings. The van der Waals surface area contributed by atoms with Gasteiger partial charge in [-0.1, -0.05) is 18.2 Å². The molecule has 120 valence electrons. The van der Waals surface area contributed by atoms with Gasteiger partial charge in [0.1, 0.15) is 0 Å². The third-order valence-electron chi connectivity index (χ3n) is 3.75. The van der Waals surface area contributed by atoms with Crippen LogP contribution in [0.3, 0.4) is 0 Å². The van der Waals surface area contributed by atoms with Crippen LogP contribution in [0.1, 0.15) is 18.4 Å². The van der Waals surface area contributed by atoms with E-state index < -0.39 is 0 Å². The summed E-state index contributed by atoms with van der Waals surface area (Å²) in [6.45, 7) is 1.83. The van der Waals surface area contributed by atoms with E-state index in [1.807, 2.05) is 7.05 Å². The summed E-state index contributed by atoms with van der Waals surface area (Å²) in [6, 6.07) is 8.56. The number of thioether (sulfide) groups is 1. The zero-order chi connectivity index (χ0) is 14.5. The van der Waals surface area contributed by atoms with Gasteiger partial charge in [-0.05, 0) is 41.0 Å². The number of hydrogen-bond donors (Lipinski definition) is 2. The van der Waals surface area contributed by atoms with E-state index in [0.717, 1.165) is 24.3 Å². The average Bonchev–Trinajstić information content (AvgIpc) is 3.17. The Bertz CT molecular complexity index is 621. The lowest BCUT2D eigenvalue weighted by Crippen LogP contribution is -2.39. The fourth-order valence-corrected chi connectivity index (χ4v) is 4.75. The maximum absolute atomic E-state index is 4.32. The minimum absolute atomic E-state index is 0. The Morgan fingerprint density at radius 2 is 2.18 bits per heavy atom. The van der Waals surface area contributed by atoms with Crippen LogP contribution < -0.4 is 10.6 Å². The molecule has 1 fully saturated rings. The summed E-state index contributed by atoms with van der Waals surface area (Å²) in [7, 11) is 1.84. The molecule has 1 aliphatic heterocycles. The van der Waals surface area contributed by atoms with Gasteiger partial charge in [-0.3, -0.25) is 4.99 Å². The predicted octanol–water partition coefficient (Wildman–Crippen LogP) is 4.08. The van der Waals surface area contributed by atoms with Crippen LogP contribution in [0.2, 0.25) is 0 Å². The van der Waals surface area contributed by atoms with E-state index >= 15 is 0 Å². The minimum atomic E-state index is 0. The summed E-state index contributed by atoms with van der Waals surface area (Å²) in [5.41, 5.74) is 1.34. The summed E-state index contributed by atoms with van der Waals surface area (Å²) in [5, 5.41) is 11.2. The standard InChI is InChI=1S/C16H21N3S2.HI/c1-17-16(19-10-13-5-4-8-20-13)18-9-12-11-21-15-7-3-2-6-14(12)15;/h2-3,6-7,11,13H,4-5,8-10H2,1H3,(H2,17,18,19);1H. The fourth-order valence-electron chi connectivity index (χ4n) is 2.59. The van der Waals surface area contributed by atoms with Crippen molar-refractivity contribution in [3.63, 3.8) is 0 Å². The lowest BCUT2D eigenvalue weighted by molar-refractivity contribution is 0.726. The van der Waals surface area contributed by atoms with Crippen LogP contribution in [0, 0.1) is 0 Å². The molecule has 6 heteroatoms. The quantitative estimate of drug-likeness (QED) is 0.421. The van der Waals surface area contributed by atoms with Crippen molar-refractivity contribution in [1.29, 1.82) is 0 Å². The van der Waals surface area contributed by atoms with Crippen molar-refractivity contribution in [3.05, 3.63) is 35.2 Å². The van der Waals surface area contributed by atoms with Crippen LogP contribution in [0.4, 0.5) is 0 Å². The molecule has 1 aromatic carbocycles. The number of halogens is 1. The Labute approximate surface area is 157 Å². The van der Waals surface area contributed by atoms with Gasteiger partial charge in [0, 0.05) is 30.1 Å². The number of fused-ring (bicyclic) bond motifs is 1. The van der Waals surface area contributed by atoms with E-state index in [2.05, 4.69) is 57.0 Å². The molecule has 3 nitrogen and oxygen atoms in total. The molecule has 1 atom stereocenters. The molecule has 3 rings (SSSR count). The molecule has 2 heterocycles.